The number of ketones is 1. The van der Waals surface area contributed by atoms with E-state index in [2.05, 4.69) is 35.0 Å². The molecule has 0 saturated carbocycles. The van der Waals surface area contributed by atoms with Crippen LogP contribution < -0.4 is 10.0 Å². The van der Waals surface area contributed by atoms with E-state index < -0.39 is 4.99 Å². The van der Waals surface area contributed by atoms with E-state index in [4.69, 9.17) is 10.2 Å². The first-order valence-corrected chi connectivity index (χ1v) is 13.7. The number of halogens is 1. The first-order chi connectivity index (χ1) is 18.1. The molecule has 4 aromatic carbocycles. The summed E-state index contributed by atoms with van der Waals surface area (Å²) in [4.78, 5) is 12.8. The van der Waals surface area contributed by atoms with E-state index >= 15 is 0 Å². The summed E-state index contributed by atoms with van der Waals surface area (Å²) in [6, 6.07) is 35.7. The zero-order valence-electron chi connectivity index (χ0n) is 20.1. The number of hydrazone groups is 2. The Balaban J connectivity index is 1.61. The Bertz CT molecular complexity index is 1520. The van der Waals surface area contributed by atoms with Gasteiger partial charge in [-0.2, -0.15) is 10.2 Å². The van der Waals surface area contributed by atoms with Crippen LogP contribution in [-0.4, -0.2) is 16.5 Å². The topological polar surface area (TPSA) is 48.3 Å². The van der Waals surface area contributed by atoms with Gasteiger partial charge in [0.15, 0.2) is 5.04 Å². The molecule has 0 aromatic heterocycles. The fraction of sp³-hybridized carbons (Fsp3) is 0.100. The van der Waals surface area contributed by atoms with Crippen molar-refractivity contribution in [3.63, 3.8) is 0 Å². The maximum absolute atomic E-state index is 13.7. The molecule has 2 aliphatic heterocycles. The average Bonchev–Trinajstić information content (AvgIpc) is 3.35. The molecule has 0 bridgehead atoms. The minimum atomic E-state index is -0.940. The highest BCUT2D eigenvalue weighted by Gasteiger charge is 2.56. The van der Waals surface area contributed by atoms with Crippen LogP contribution in [0.1, 0.15) is 34.8 Å². The Kier molecular flexibility index (Phi) is 6.18. The van der Waals surface area contributed by atoms with Gasteiger partial charge in [0.05, 0.1) is 17.1 Å². The molecular formula is C30H23BrN4OS. The lowest BCUT2D eigenvalue weighted by Crippen LogP contribution is -2.53. The molecule has 5 nitrogen and oxygen atoms in total. The molecule has 0 aliphatic carbocycles. The molecule has 0 amide bonds. The van der Waals surface area contributed by atoms with Crippen molar-refractivity contribution in [3.05, 3.63) is 130 Å². The molecule has 1 spiro atoms. The lowest BCUT2D eigenvalue weighted by molar-refractivity contribution is 0.106. The van der Waals surface area contributed by atoms with Gasteiger partial charge in [0, 0.05) is 21.2 Å². The molecule has 182 valence electrons. The van der Waals surface area contributed by atoms with Crippen molar-refractivity contribution in [1.29, 1.82) is 0 Å². The molecule has 1 atom stereocenters. The summed E-state index contributed by atoms with van der Waals surface area (Å²) in [6.45, 7) is 2.12. The highest BCUT2D eigenvalue weighted by Crippen LogP contribution is 2.55. The number of anilines is 2. The largest absolute Gasteiger partial charge is 0.286 e. The predicted molar refractivity (Wildman–Crippen MR) is 156 cm³/mol. The summed E-state index contributed by atoms with van der Waals surface area (Å²) in [5.41, 5.74) is 5.48. The third-order valence-corrected chi connectivity index (χ3v) is 8.29. The Labute approximate surface area is 228 Å². The first kappa shape index (κ1) is 23.7. The zero-order valence-corrected chi connectivity index (χ0v) is 22.5. The number of carbonyl (C=O) groups is 1. The first-order valence-electron chi connectivity index (χ1n) is 12.1. The molecule has 6 rings (SSSR count). The molecule has 37 heavy (non-hydrogen) atoms. The van der Waals surface area contributed by atoms with Crippen molar-refractivity contribution in [2.75, 3.05) is 10.0 Å². The SMILES string of the molecule is CCC1=NN(c2ccccc2)C2(SC(C(=O)c3ccccc3)=NN2c2ccc(Br)cc2)c2ccccc21. The number of nitrogens with zero attached hydrogens (tertiary/aromatic N) is 4. The highest BCUT2D eigenvalue weighted by atomic mass is 79.9. The Morgan fingerprint density at radius 1 is 0.784 bits per heavy atom. The number of thioether (sulfide) groups is 1. The van der Waals surface area contributed by atoms with E-state index in [1.807, 2.05) is 107 Å². The van der Waals surface area contributed by atoms with Gasteiger partial charge in [-0.3, -0.25) is 4.79 Å². The van der Waals surface area contributed by atoms with E-state index in [-0.39, 0.29) is 5.78 Å². The van der Waals surface area contributed by atoms with Crippen LogP contribution in [0, 0.1) is 0 Å². The number of para-hydroxylation sites is 1. The molecular weight excluding hydrogens is 544 g/mol. The van der Waals surface area contributed by atoms with E-state index in [9.17, 15) is 4.79 Å². The van der Waals surface area contributed by atoms with E-state index in [0.717, 1.165) is 39.1 Å². The zero-order chi connectivity index (χ0) is 25.4. The molecule has 2 heterocycles. The quantitative estimate of drug-likeness (QED) is 0.233. The van der Waals surface area contributed by atoms with Crippen LogP contribution in [0.2, 0.25) is 0 Å². The van der Waals surface area contributed by atoms with E-state index in [1.54, 1.807) is 0 Å². The maximum Gasteiger partial charge on any atom is 0.234 e. The van der Waals surface area contributed by atoms with Gasteiger partial charge in [0.25, 0.3) is 0 Å². The molecule has 2 aliphatic rings. The lowest BCUT2D eigenvalue weighted by atomic mass is 9.96. The molecule has 0 radical (unpaired) electrons. The van der Waals surface area contributed by atoms with Gasteiger partial charge in [0.1, 0.15) is 0 Å². The van der Waals surface area contributed by atoms with Crippen LogP contribution in [0.15, 0.2) is 124 Å². The number of hydrogen-bond acceptors (Lipinski definition) is 6. The number of fused-ring (bicyclic) bond motifs is 2. The molecule has 0 saturated heterocycles. The normalized spacial score (nSPS) is 18.4. The third kappa shape index (κ3) is 3.99. The van der Waals surface area contributed by atoms with Crippen molar-refractivity contribution >= 4 is 55.6 Å². The van der Waals surface area contributed by atoms with Crippen LogP contribution in [0.4, 0.5) is 11.4 Å². The van der Waals surface area contributed by atoms with Crippen molar-refractivity contribution in [1.82, 2.24) is 0 Å². The minimum Gasteiger partial charge on any atom is -0.286 e. The predicted octanol–water partition coefficient (Wildman–Crippen LogP) is 7.64. The number of Topliss-reactive ketones (excluding diaryl/α,β-unsaturated/α-hetero) is 1. The average molecular weight is 568 g/mol. The number of benzene rings is 4. The maximum atomic E-state index is 13.7. The van der Waals surface area contributed by atoms with Crippen molar-refractivity contribution < 1.29 is 4.79 Å². The number of rotatable bonds is 5. The smallest absolute Gasteiger partial charge is 0.234 e. The van der Waals surface area contributed by atoms with Gasteiger partial charge < -0.3 is 0 Å². The number of hydrogen-bond donors (Lipinski definition) is 0. The summed E-state index contributed by atoms with van der Waals surface area (Å²) in [5.74, 6) is -0.111. The molecule has 7 heteroatoms. The Morgan fingerprint density at radius 3 is 2.08 bits per heavy atom. The summed E-state index contributed by atoms with van der Waals surface area (Å²) in [7, 11) is 0. The van der Waals surface area contributed by atoms with Gasteiger partial charge in [-0.15, -0.1) is 0 Å². The minimum absolute atomic E-state index is 0.111. The summed E-state index contributed by atoms with van der Waals surface area (Å²) in [5, 5.41) is 14.6. The highest BCUT2D eigenvalue weighted by molar-refractivity contribution is 9.10. The van der Waals surface area contributed by atoms with Crippen LogP contribution in [-0.2, 0) is 4.99 Å². The van der Waals surface area contributed by atoms with Crippen molar-refractivity contribution in [2.45, 2.75) is 18.3 Å². The Morgan fingerprint density at radius 2 is 1.38 bits per heavy atom. The fourth-order valence-electron chi connectivity index (χ4n) is 4.72. The lowest BCUT2D eigenvalue weighted by Gasteiger charge is -2.47. The second-order valence-corrected chi connectivity index (χ2v) is 10.8. The van der Waals surface area contributed by atoms with Crippen LogP contribution in [0.3, 0.4) is 0 Å². The summed E-state index contributed by atoms with van der Waals surface area (Å²) in [6.07, 6.45) is 0.774. The number of carbonyl (C=O) groups excluding carboxylic acids is 1. The fourth-order valence-corrected chi connectivity index (χ4v) is 6.34. The van der Waals surface area contributed by atoms with Gasteiger partial charge in [0.2, 0.25) is 10.8 Å². The monoisotopic (exact) mass is 566 g/mol. The van der Waals surface area contributed by atoms with E-state index in [0.29, 0.717) is 10.6 Å². The third-order valence-electron chi connectivity index (χ3n) is 6.45. The summed E-state index contributed by atoms with van der Waals surface area (Å²) < 4.78 is 0.969. The van der Waals surface area contributed by atoms with Gasteiger partial charge >= 0.3 is 0 Å². The molecule has 0 N–H and O–H groups in total. The second-order valence-electron chi connectivity index (χ2n) is 8.69. The van der Waals surface area contributed by atoms with Gasteiger partial charge in [-0.1, -0.05) is 95.7 Å². The molecule has 1 unspecified atom stereocenters. The van der Waals surface area contributed by atoms with Crippen LogP contribution in [0.25, 0.3) is 0 Å². The van der Waals surface area contributed by atoms with Crippen LogP contribution in [0.5, 0.6) is 0 Å². The van der Waals surface area contributed by atoms with Crippen LogP contribution >= 0.6 is 27.7 Å². The van der Waals surface area contributed by atoms with Gasteiger partial charge in [-0.25, -0.2) is 10.0 Å². The van der Waals surface area contributed by atoms with Gasteiger partial charge in [-0.05, 0) is 54.6 Å². The molecule has 4 aromatic rings. The van der Waals surface area contributed by atoms with Crippen molar-refractivity contribution in [3.8, 4) is 0 Å². The molecule has 0 fully saturated rings. The summed E-state index contributed by atoms with van der Waals surface area (Å²) >= 11 is 4.99. The van der Waals surface area contributed by atoms with Crippen molar-refractivity contribution in [2.24, 2.45) is 10.2 Å². The second kappa shape index (κ2) is 9.65. The van der Waals surface area contributed by atoms with E-state index in [1.165, 1.54) is 11.8 Å². The standard InChI is InChI=1S/C30H23BrN4OS/c1-2-27-25-15-9-10-16-26(25)30(34(32-27)23-13-7-4-8-14-23)35(24-19-17-22(31)18-20-24)33-29(37-30)28(36)21-11-5-3-6-12-21/h3-20H,2H2,1H3. The Hall–Kier alpha value is -3.68.